The summed E-state index contributed by atoms with van der Waals surface area (Å²) in [5.74, 6) is 0.437. The Morgan fingerprint density at radius 2 is 2.35 bits per heavy atom. The summed E-state index contributed by atoms with van der Waals surface area (Å²) in [6.45, 7) is 3.66. The molecule has 0 saturated carbocycles. The van der Waals surface area contributed by atoms with Crippen LogP contribution in [0, 0.1) is 0 Å². The number of hydrogen-bond acceptors (Lipinski definition) is 7. The highest BCUT2D eigenvalue weighted by atomic mass is 16.5. The van der Waals surface area contributed by atoms with Crippen molar-refractivity contribution in [3.05, 3.63) is 40.8 Å². The fraction of sp³-hybridized carbons (Fsp3) is 0.533. The first-order chi connectivity index (χ1) is 11.1. The first-order valence-electron chi connectivity index (χ1n) is 7.59. The van der Waals surface area contributed by atoms with Gasteiger partial charge in [0.25, 0.3) is 5.56 Å². The summed E-state index contributed by atoms with van der Waals surface area (Å²) in [6.07, 6.45) is 4.88. The second-order valence-electron chi connectivity index (χ2n) is 5.77. The number of nitrogens with zero attached hydrogens (tertiary/aromatic N) is 5. The highest BCUT2D eigenvalue weighted by molar-refractivity contribution is 5.34. The molecule has 0 radical (unpaired) electrons. The molecule has 0 spiro atoms. The first kappa shape index (κ1) is 15.7. The van der Waals surface area contributed by atoms with Crippen molar-refractivity contribution < 1.29 is 9.26 Å². The van der Waals surface area contributed by atoms with Crippen LogP contribution in [0.5, 0.6) is 0 Å². The molecule has 0 bridgehead atoms. The minimum absolute atomic E-state index is 0.0207. The Morgan fingerprint density at radius 3 is 3.13 bits per heavy atom. The van der Waals surface area contributed by atoms with E-state index in [-0.39, 0.29) is 11.7 Å². The van der Waals surface area contributed by atoms with Gasteiger partial charge in [-0.05, 0) is 0 Å². The van der Waals surface area contributed by atoms with Gasteiger partial charge < -0.3 is 18.7 Å². The van der Waals surface area contributed by atoms with Crippen LogP contribution in [0.2, 0.25) is 0 Å². The standard InChI is InChI=1S/C15H21N5O3/c1-18-5-4-16-14(15(18)21)19(2)10-13-11-20(6-8-22-13)9-12-3-7-23-17-12/h3-5,7,13H,6,8-11H2,1-2H3. The summed E-state index contributed by atoms with van der Waals surface area (Å²) in [7, 11) is 3.59. The van der Waals surface area contributed by atoms with Crippen molar-refractivity contribution in [1.82, 2.24) is 19.6 Å². The molecule has 1 aliphatic heterocycles. The van der Waals surface area contributed by atoms with Gasteiger partial charge in [0.2, 0.25) is 0 Å². The Kier molecular flexibility index (Phi) is 4.73. The van der Waals surface area contributed by atoms with Crippen molar-refractivity contribution in [2.45, 2.75) is 12.6 Å². The summed E-state index contributed by atoms with van der Waals surface area (Å²) >= 11 is 0. The molecular formula is C15H21N5O3. The van der Waals surface area contributed by atoms with Crippen LogP contribution in [-0.4, -0.2) is 59.0 Å². The molecule has 1 aliphatic rings. The van der Waals surface area contributed by atoms with E-state index in [1.165, 1.54) is 4.57 Å². The SMILES string of the molecule is CN(CC1CN(Cc2ccon2)CCO1)c1nccn(C)c1=O. The first-order valence-corrected chi connectivity index (χ1v) is 7.59. The van der Waals surface area contributed by atoms with Crippen molar-refractivity contribution in [2.75, 3.05) is 38.2 Å². The van der Waals surface area contributed by atoms with Crippen molar-refractivity contribution in [2.24, 2.45) is 7.05 Å². The molecule has 1 saturated heterocycles. The van der Waals surface area contributed by atoms with Crippen LogP contribution < -0.4 is 10.5 Å². The topological polar surface area (TPSA) is 76.6 Å². The lowest BCUT2D eigenvalue weighted by atomic mass is 10.2. The predicted octanol–water partition coefficient (Wildman–Crippen LogP) is 0.105. The Bertz CT molecular complexity index is 685. The van der Waals surface area contributed by atoms with Crippen LogP contribution in [0.4, 0.5) is 5.82 Å². The average molecular weight is 319 g/mol. The number of aryl methyl sites for hydroxylation is 1. The number of likely N-dealkylation sites (N-methyl/N-ethyl adjacent to an activating group) is 1. The van der Waals surface area contributed by atoms with E-state index in [1.54, 1.807) is 25.7 Å². The van der Waals surface area contributed by atoms with Crippen molar-refractivity contribution in [3.8, 4) is 0 Å². The third-order valence-corrected chi connectivity index (χ3v) is 3.94. The Labute approximate surface area is 134 Å². The monoisotopic (exact) mass is 319 g/mol. The number of hydrogen-bond donors (Lipinski definition) is 0. The lowest BCUT2D eigenvalue weighted by Crippen LogP contribution is -2.47. The molecule has 0 aliphatic carbocycles. The average Bonchev–Trinajstić information content (AvgIpc) is 3.03. The second kappa shape index (κ2) is 6.93. The van der Waals surface area contributed by atoms with Gasteiger partial charge in [-0.2, -0.15) is 0 Å². The second-order valence-corrected chi connectivity index (χ2v) is 5.77. The lowest BCUT2D eigenvalue weighted by molar-refractivity contribution is -0.0271. The van der Waals surface area contributed by atoms with E-state index in [0.29, 0.717) is 19.0 Å². The molecule has 1 atom stereocenters. The molecule has 0 amide bonds. The number of ether oxygens (including phenoxy) is 1. The largest absolute Gasteiger partial charge is 0.374 e. The number of rotatable bonds is 5. The Hall–Kier alpha value is -2.19. The predicted molar refractivity (Wildman–Crippen MR) is 84.3 cm³/mol. The summed E-state index contributed by atoms with van der Waals surface area (Å²) < 4.78 is 12.2. The third-order valence-electron chi connectivity index (χ3n) is 3.94. The molecule has 1 fully saturated rings. The molecule has 3 rings (SSSR count). The minimum Gasteiger partial charge on any atom is -0.374 e. The smallest absolute Gasteiger partial charge is 0.293 e. The van der Waals surface area contributed by atoms with Crippen LogP contribution in [-0.2, 0) is 18.3 Å². The van der Waals surface area contributed by atoms with Crippen LogP contribution >= 0.6 is 0 Å². The van der Waals surface area contributed by atoms with Gasteiger partial charge in [-0.15, -0.1) is 0 Å². The van der Waals surface area contributed by atoms with Gasteiger partial charge in [0.15, 0.2) is 5.82 Å². The fourth-order valence-electron chi connectivity index (χ4n) is 2.72. The van der Waals surface area contributed by atoms with Crippen LogP contribution in [0.15, 0.2) is 34.0 Å². The van der Waals surface area contributed by atoms with Crippen LogP contribution in [0.1, 0.15) is 5.69 Å². The van der Waals surface area contributed by atoms with Gasteiger partial charge in [0.05, 0.1) is 18.4 Å². The van der Waals surface area contributed by atoms with Gasteiger partial charge in [-0.25, -0.2) is 4.98 Å². The van der Waals surface area contributed by atoms with E-state index < -0.39 is 0 Å². The van der Waals surface area contributed by atoms with E-state index in [0.717, 1.165) is 25.3 Å². The molecular weight excluding hydrogens is 298 g/mol. The van der Waals surface area contributed by atoms with Crippen molar-refractivity contribution in [1.29, 1.82) is 0 Å². The molecule has 8 heteroatoms. The van der Waals surface area contributed by atoms with Gasteiger partial charge in [0.1, 0.15) is 6.26 Å². The highest BCUT2D eigenvalue weighted by Crippen LogP contribution is 2.11. The fourth-order valence-corrected chi connectivity index (χ4v) is 2.72. The molecule has 3 heterocycles. The van der Waals surface area contributed by atoms with Crippen molar-refractivity contribution >= 4 is 5.82 Å². The van der Waals surface area contributed by atoms with E-state index in [9.17, 15) is 4.79 Å². The van der Waals surface area contributed by atoms with Crippen LogP contribution in [0.25, 0.3) is 0 Å². The number of anilines is 1. The Balaban J connectivity index is 1.60. The third kappa shape index (κ3) is 3.77. The van der Waals surface area contributed by atoms with Crippen molar-refractivity contribution in [3.63, 3.8) is 0 Å². The zero-order valence-electron chi connectivity index (χ0n) is 13.4. The number of aromatic nitrogens is 3. The summed E-state index contributed by atoms with van der Waals surface area (Å²) in [5, 5.41) is 3.94. The van der Waals surface area contributed by atoms with Gasteiger partial charge in [-0.3, -0.25) is 9.69 Å². The van der Waals surface area contributed by atoms with Gasteiger partial charge in [0, 0.05) is 58.7 Å². The highest BCUT2D eigenvalue weighted by Gasteiger charge is 2.23. The van der Waals surface area contributed by atoms with E-state index in [1.807, 2.05) is 18.0 Å². The molecule has 0 aromatic carbocycles. The molecule has 23 heavy (non-hydrogen) atoms. The van der Waals surface area contributed by atoms with Gasteiger partial charge in [-0.1, -0.05) is 5.16 Å². The maximum Gasteiger partial charge on any atom is 0.293 e. The summed E-state index contributed by atoms with van der Waals surface area (Å²) in [5.41, 5.74) is 0.808. The number of morpholine rings is 1. The molecule has 2 aromatic rings. The zero-order chi connectivity index (χ0) is 16.2. The zero-order valence-corrected chi connectivity index (χ0v) is 13.4. The molecule has 2 aromatic heterocycles. The molecule has 8 nitrogen and oxygen atoms in total. The minimum atomic E-state index is -0.106. The van der Waals surface area contributed by atoms with E-state index >= 15 is 0 Å². The Morgan fingerprint density at radius 1 is 1.48 bits per heavy atom. The van der Waals surface area contributed by atoms with E-state index in [4.69, 9.17) is 9.26 Å². The quantitative estimate of drug-likeness (QED) is 0.774. The maximum atomic E-state index is 12.1. The molecule has 124 valence electrons. The molecule has 0 N–H and O–H groups in total. The summed E-state index contributed by atoms with van der Waals surface area (Å²) in [4.78, 5) is 20.4. The maximum absolute atomic E-state index is 12.1. The van der Waals surface area contributed by atoms with Crippen LogP contribution in [0.3, 0.4) is 0 Å². The normalized spacial score (nSPS) is 19.0. The summed E-state index contributed by atoms with van der Waals surface area (Å²) in [6, 6.07) is 1.87. The van der Waals surface area contributed by atoms with Gasteiger partial charge >= 0.3 is 0 Å². The molecule has 1 unspecified atom stereocenters. The lowest BCUT2D eigenvalue weighted by Gasteiger charge is -2.34. The van der Waals surface area contributed by atoms with E-state index in [2.05, 4.69) is 15.0 Å².